The van der Waals surface area contributed by atoms with Crippen molar-refractivity contribution in [2.45, 2.75) is 31.3 Å². The predicted octanol–water partition coefficient (Wildman–Crippen LogP) is 0.431. The Balaban J connectivity index is 3.01. The zero-order valence-electron chi connectivity index (χ0n) is 10.1. The third-order valence-corrected chi connectivity index (χ3v) is 3.77. The molecule has 0 atom stereocenters. The SMILES string of the molecule is CNCc1cc(S(=O)(=O)NC(C)C)cn1C. The van der Waals surface area contributed by atoms with Gasteiger partial charge in [0.05, 0.1) is 4.90 Å². The number of hydrogen-bond acceptors (Lipinski definition) is 3. The molecule has 0 aliphatic rings. The summed E-state index contributed by atoms with van der Waals surface area (Å²) in [7, 11) is 0.283. The average Bonchev–Trinajstić information content (AvgIpc) is 2.47. The van der Waals surface area contributed by atoms with Crippen LogP contribution < -0.4 is 10.0 Å². The van der Waals surface area contributed by atoms with Gasteiger partial charge in [0.1, 0.15) is 0 Å². The van der Waals surface area contributed by atoms with Gasteiger partial charge in [-0.15, -0.1) is 0 Å². The first-order valence-electron chi connectivity index (χ1n) is 5.19. The molecular formula is C10H19N3O2S. The fourth-order valence-electron chi connectivity index (χ4n) is 1.46. The molecule has 0 spiro atoms. The number of aromatic nitrogens is 1. The van der Waals surface area contributed by atoms with E-state index in [2.05, 4.69) is 10.0 Å². The number of hydrogen-bond donors (Lipinski definition) is 2. The minimum Gasteiger partial charge on any atom is -0.352 e. The Morgan fingerprint density at radius 1 is 1.44 bits per heavy atom. The maximum absolute atomic E-state index is 11.9. The van der Waals surface area contributed by atoms with Crippen molar-refractivity contribution in [2.75, 3.05) is 7.05 Å². The normalized spacial score (nSPS) is 12.3. The van der Waals surface area contributed by atoms with Crippen LogP contribution in [0.1, 0.15) is 19.5 Å². The smallest absolute Gasteiger partial charge is 0.242 e. The number of sulfonamides is 1. The van der Waals surface area contributed by atoms with Crippen molar-refractivity contribution in [1.29, 1.82) is 0 Å². The molecule has 0 fully saturated rings. The van der Waals surface area contributed by atoms with Gasteiger partial charge in [-0.1, -0.05) is 0 Å². The lowest BCUT2D eigenvalue weighted by Crippen LogP contribution is -2.29. The maximum Gasteiger partial charge on any atom is 0.242 e. The van der Waals surface area contributed by atoms with E-state index >= 15 is 0 Å². The van der Waals surface area contributed by atoms with Crippen LogP contribution in [-0.2, 0) is 23.6 Å². The van der Waals surface area contributed by atoms with Crippen LogP contribution in [0.15, 0.2) is 17.2 Å². The predicted molar refractivity (Wildman–Crippen MR) is 63.6 cm³/mol. The molecule has 2 N–H and O–H groups in total. The van der Waals surface area contributed by atoms with E-state index in [1.807, 2.05) is 18.7 Å². The Morgan fingerprint density at radius 3 is 2.56 bits per heavy atom. The van der Waals surface area contributed by atoms with Gasteiger partial charge in [-0.05, 0) is 27.0 Å². The number of nitrogens with one attached hydrogen (secondary N) is 2. The van der Waals surface area contributed by atoms with Crippen LogP contribution in [0.4, 0.5) is 0 Å². The molecule has 0 aromatic carbocycles. The number of aryl methyl sites for hydroxylation is 1. The lowest BCUT2D eigenvalue weighted by Gasteiger charge is -2.07. The van der Waals surface area contributed by atoms with Gasteiger partial charge in [0.25, 0.3) is 0 Å². The molecule has 1 heterocycles. The van der Waals surface area contributed by atoms with Crippen molar-refractivity contribution in [3.63, 3.8) is 0 Å². The van der Waals surface area contributed by atoms with Gasteiger partial charge < -0.3 is 9.88 Å². The molecular weight excluding hydrogens is 226 g/mol. The van der Waals surface area contributed by atoms with E-state index in [1.165, 1.54) is 0 Å². The first-order valence-corrected chi connectivity index (χ1v) is 6.67. The lowest BCUT2D eigenvalue weighted by molar-refractivity contribution is 0.569. The van der Waals surface area contributed by atoms with Gasteiger partial charge in [-0.25, -0.2) is 13.1 Å². The van der Waals surface area contributed by atoms with Crippen molar-refractivity contribution >= 4 is 10.0 Å². The molecule has 1 aromatic rings. The molecule has 92 valence electrons. The third-order valence-electron chi connectivity index (χ3n) is 2.14. The van der Waals surface area contributed by atoms with E-state index in [9.17, 15) is 8.42 Å². The van der Waals surface area contributed by atoms with E-state index in [4.69, 9.17) is 0 Å². The average molecular weight is 245 g/mol. The van der Waals surface area contributed by atoms with Crippen LogP contribution in [-0.4, -0.2) is 26.1 Å². The topological polar surface area (TPSA) is 63.1 Å². The lowest BCUT2D eigenvalue weighted by atomic mass is 10.4. The largest absolute Gasteiger partial charge is 0.352 e. The molecule has 0 saturated heterocycles. The molecule has 1 rings (SSSR count). The Kier molecular flexibility index (Phi) is 4.12. The van der Waals surface area contributed by atoms with Crippen LogP contribution >= 0.6 is 0 Å². The van der Waals surface area contributed by atoms with Crippen LogP contribution in [0.3, 0.4) is 0 Å². The van der Waals surface area contributed by atoms with E-state index in [-0.39, 0.29) is 6.04 Å². The van der Waals surface area contributed by atoms with E-state index < -0.39 is 10.0 Å². The van der Waals surface area contributed by atoms with Gasteiger partial charge in [-0.2, -0.15) is 0 Å². The summed E-state index contributed by atoms with van der Waals surface area (Å²) < 4.78 is 28.1. The zero-order chi connectivity index (χ0) is 12.3. The standard InChI is InChI=1S/C10H19N3O2S/c1-8(2)12-16(14,15)10-5-9(6-11-3)13(4)7-10/h5,7-8,11-12H,6H2,1-4H3. The van der Waals surface area contributed by atoms with Crippen molar-refractivity contribution < 1.29 is 8.42 Å². The van der Waals surface area contributed by atoms with E-state index in [0.29, 0.717) is 11.4 Å². The van der Waals surface area contributed by atoms with E-state index in [1.54, 1.807) is 26.1 Å². The second-order valence-electron chi connectivity index (χ2n) is 4.08. The minimum atomic E-state index is -3.38. The van der Waals surface area contributed by atoms with Gasteiger partial charge >= 0.3 is 0 Å². The van der Waals surface area contributed by atoms with Gasteiger partial charge in [0.2, 0.25) is 10.0 Å². The molecule has 0 unspecified atom stereocenters. The van der Waals surface area contributed by atoms with Crippen LogP contribution in [0.2, 0.25) is 0 Å². The molecule has 0 bridgehead atoms. The summed E-state index contributed by atoms with van der Waals surface area (Å²) in [5.41, 5.74) is 0.937. The summed E-state index contributed by atoms with van der Waals surface area (Å²) >= 11 is 0. The number of nitrogens with zero attached hydrogens (tertiary/aromatic N) is 1. The molecule has 0 amide bonds. The fraction of sp³-hybridized carbons (Fsp3) is 0.600. The summed E-state index contributed by atoms with van der Waals surface area (Å²) in [6, 6.07) is 1.58. The van der Waals surface area contributed by atoms with Gasteiger partial charge in [0, 0.05) is 31.5 Å². The maximum atomic E-state index is 11.9. The molecule has 5 nitrogen and oxygen atoms in total. The van der Waals surface area contributed by atoms with Crippen molar-refractivity contribution in [1.82, 2.24) is 14.6 Å². The highest BCUT2D eigenvalue weighted by atomic mass is 32.2. The van der Waals surface area contributed by atoms with Crippen molar-refractivity contribution in [2.24, 2.45) is 7.05 Å². The molecule has 0 aliphatic heterocycles. The van der Waals surface area contributed by atoms with Crippen LogP contribution in [0.5, 0.6) is 0 Å². The highest BCUT2D eigenvalue weighted by Crippen LogP contribution is 2.13. The minimum absolute atomic E-state index is 0.0991. The first-order chi connectivity index (χ1) is 7.36. The second-order valence-corrected chi connectivity index (χ2v) is 5.80. The zero-order valence-corrected chi connectivity index (χ0v) is 10.9. The van der Waals surface area contributed by atoms with Crippen LogP contribution in [0.25, 0.3) is 0 Å². The summed E-state index contributed by atoms with van der Waals surface area (Å²) in [4.78, 5) is 0.314. The summed E-state index contributed by atoms with van der Waals surface area (Å²) in [6.07, 6.45) is 1.62. The number of rotatable bonds is 5. The Bertz CT molecular complexity index is 449. The van der Waals surface area contributed by atoms with Gasteiger partial charge in [0.15, 0.2) is 0 Å². The van der Waals surface area contributed by atoms with Crippen molar-refractivity contribution in [3.05, 3.63) is 18.0 Å². The monoisotopic (exact) mass is 245 g/mol. The summed E-state index contributed by atoms with van der Waals surface area (Å²) in [6.45, 7) is 4.25. The van der Waals surface area contributed by atoms with Crippen molar-refractivity contribution in [3.8, 4) is 0 Å². The Hall–Kier alpha value is -0.850. The van der Waals surface area contributed by atoms with Crippen LogP contribution in [0, 0.1) is 0 Å². The van der Waals surface area contributed by atoms with E-state index in [0.717, 1.165) is 5.69 Å². The van der Waals surface area contributed by atoms with Gasteiger partial charge in [-0.3, -0.25) is 0 Å². The highest BCUT2D eigenvalue weighted by molar-refractivity contribution is 7.89. The molecule has 1 aromatic heterocycles. The molecule has 16 heavy (non-hydrogen) atoms. The molecule has 6 heteroatoms. The summed E-state index contributed by atoms with van der Waals surface area (Å²) in [5.74, 6) is 0. The quantitative estimate of drug-likeness (QED) is 0.791. The molecule has 0 aliphatic carbocycles. The summed E-state index contributed by atoms with van der Waals surface area (Å²) in [5, 5.41) is 2.99. The highest BCUT2D eigenvalue weighted by Gasteiger charge is 2.17. The molecule has 0 radical (unpaired) electrons. The Morgan fingerprint density at radius 2 is 2.06 bits per heavy atom. The Labute approximate surface area is 96.9 Å². The first kappa shape index (κ1) is 13.2. The molecule has 0 saturated carbocycles. The second kappa shape index (κ2) is 4.99. The fourth-order valence-corrected chi connectivity index (χ4v) is 2.80. The third kappa shape index (κ3) is 3.07.